The minimum atomic E-state index is -0.387. The van der Waals surface area contributed by atoms with Gasteiger partial charge < -0.3 is 19.3 Å². The number of nitrogens with zero attached hydrogens (tertiary/aromatic N) is 5. The van der Waals surface area contributed by atoms with Gasteiger partial charge in [-0.05, 0) is 48.9 Å². The molecule has 0 radical (unpaired) electrons. The lowest BCUT2D eigenvalue weighted by Gasteiger charge is -2.36. The molecule has 0 N–H and O–H groups in total. The largest absolute Gasteiger partial charge is 0.368 e. The number of amides is 1. The number of carbonyl (C=O) groups excluding carboxylic acids is 1. The van der Waals surface area contributed by atoms with E-state index in [1.165, 1.54) is 11.6 Å². The molecule has 0 unspecified atom stereocenters. The fourth-order valence-electron chi connectivity index (χ4n) is 5.37. The SMILES string of the molecule is C#Cc1cc(N2CCN(C(=O)c3cc(CN4CCN(c5ccccc5Cl)CC4)c(C)n3C)CC2)ccc1F. The van der Waals surface area contributed by atoms with Crippen LogP contribution in [0.3, 0.4) is 0 Å². The molecule has 2 aliphatic heterocycles. The number of para-hydroxylation sites is 1. The van der Waals surface area contributed by atoms with Crippen molar-refractivity contribution in [3.8, 4) is 12.3 Å². The minimum Gasteiger partial charge on any atom is -0.368 e. The smallest absolute Gasteiger partial charge is 0.270 e. The van der Waals surface area contributed by atoms with Crippen LogP contribution in [-0.4, -0.2) is 72.6 Å². The van der Waals surface area contributed by atoms with E-state index in [0.29, 0.717) is 26.2 Å². The molecule has 0 saturated carbocycles. The maximum absolute atomic E-state index is 13.8. The molecule has 5 rings (SSSR count). The minimum absolute atomic E-state index is 0.0495. The Morgan fingerprint density at radius 1 is 0.974 bits per heavy atom. The van der Waals surface area contributed by atoms with Crippen LogP contribution in [0.2, 0.25) is 5.02 Å². The quantitative estimate of drug-likeness (QED) is 0.456. The van der Waals surface area contributed by atoms with E-state index in [4.69, 9.17) is 18.0 Å². The molecule has 3 aromatic rings. The summed E-state index contributed by atoms with van der Waals surface area (Å²) in [6.45, 7) is 9.17. The zero-order valence-corrected chi connectivity index (χ0v) is 22.7. The van der Waals surface area contributed by atoms with Crippen LogP contribution in [0.4, 0.5) is 15.8 Å². The maximum Gasteiger partial charge on any atom is 0.270 e. The Kier molecular flexibility index (Phi) is 7.64. The molecule has 0 atom stereocenters. The number of terminal acetylenes is 1. The topological polar surface area (TPSA) is 35.0 Å². The zero-order valence-electron chi connectivity index (χ0n) is 22.0. The van der Waals surface area contributed by atoms with Crippen LogP contribution in [0.1, 0.15) is 27.3 Å². The summed E-state index contributed by atoms with van der Waals surface area (Å²) in [5.41, 5.74) is 5.27. The highest BCUT2D eigenvalue weighted by atomic mass is 35.5. The summed E-state index contributed by atoms with van der Waals surface area (Å²) < 4.78 is 15.8. The second-order valence-corrected chi connectivity index (χ2v) is 10.4. The van der Waals surface area contributed by atoms with E-state index >= 15 is 0 Å². The molecule has 0 spiro atoms. The Bertz CT molecular complexity index is 1360. The summed E-state index contributed by atoms with van der Waals surface area (Å²) in [5.74, 6) is 2.06. The number of halogens is 2. The Hall–Kier alpha value is -3.47. The monoisotopic (exact) mass is 533 g/mol. The van der Waals surface area contributed by atoms with Crippen LogP contribution >= 0.6 is 11.6 Å². The van der Waals surface area contributed by atoms with Crippen molar-refractivity contribution in [1.29, 1.82) is 0 Å². The molecule has 2 aromatic carbocycles. The summed E-state index contributed by atoms with van der Waals surface area (Å²) in [4.78, 5) is 22.3. The number of carbonyl (C=O) groups is 1. The molecule has 2 fully saturated rings. The van der Waals surface area contributed by atoms with Gasteiger partial charge in [-0.15, -0.1) is 6.42 Å². The van der Waals surface area contributed by atoms with Crippen LogP contribution in [0.25, 0.3) is 0 Å². The van der Waals surface area contributed by atoms with Crippen molar-refractivity contribution in [2.75, 3.05) is 62.2 Å². The summed E-state index contributed by atoms with van der Waals surface area (Å²) >= 11 is 6.40. The van der Waals surface area contributed by atoms with Crippen molar-refractivity contribution >= 4 is 28.9 Å². The standard InChI is InChI=1S/C30H33ClFN5O/c1-4-23-19-25(9-10-27(23)32)35-15-17-37(18-16-35)30(38)29-20-24(22(2)33(29)3)21-34-11-13-36(14-12-34)28-8-6-5-7-26(28)31/h1,5-10,19-20H,11-18,21H2,2-3H3. The number of hydrogen-bond acceptors (Lipinski definition) is 4. The lowest BCUT2D eigenvalue weighted by molar-refractivity contribution is 0.0737. The highest BCUT2D eigenvalue weighted by Gasteiger charge is 2.27. The number of piperazine rings is 2. The van der Waals surface area contributed by atoms with Gasteiger partial charge in [-0.3, -0.25) is 9.69 Å². The Labute approximate surface area is 229 Å². The van der Waals surface area contributed by atoms with Gasteiger partial charge in [-0.1, -0.05) is 29.7 Å². The first-order valence-electron chi connectivity index (χ1n) is 13.0. The number of hydrogen-bond donors (Lipinski definition) is 0. The van der Waals surface area contributed by atoms with Crippen molar-refractivity contribution in [3.63, 3.8) is 0 Å². The molecule has 198 valence electrons. The van der Waals surface area contributed by atoms with Gasteiger partial charge in [0.15, 0.2) is 0 Å². The summed E-state index contributed by atoms with van der Waals surface area (Å²) in [5, 5.41) is 0.791. The molecule has 2 saturated heterocycles. The van der Waals surface area contributed by atoms with Crippen LogP contribution in [-0.2, 0) is 13.6 Å². The van der Waals surface area contributed by atoms with Crippen LogP contribution in [0, 0.1) is 25.1 Å². The van der Waals surface area contributed by atoms with E-state index in [-0.39, 0.29) is 17.3 Å². The molecular formula is C30H33ClFN5O. The average molecular weight is 534 g/mol. The molecule has 2 aliphatic rings. The molecule has 0 bridgehead atoms. The van der Waals surface area contributed by atoms with Gasteiger partial charge in [0.1, 0.15) is 11.5 Å². The molecule has 3 heterocycles. The first-order chi connectivity index (χ1) is 18.4. The van der Waals surface area contributed by atoms with E-state index in [0.717, 1.165) is 60.5 Å². The number of aromatic nitrogens is 1. The highest BCUT2D eigenvalue weighted by molar-refractivity contribution is 6.33. The Morgan fingerprint density at radius 2 is 1.66 bits per heavy atom. The van der Waals surface area contributed by atoms with Gasteiger partial charge in [0.2, 0.25) is 0 Å². The Balaban J connectivity index is 1.19. The third-order valence-electron chi connectivity index (χ3n) is 7.86. The molecule has 38 heavy (non-hydrogen) atoms. The third-order valence-corrected chi connectivity index (χ3v) is 8.18. The van der Waals surface area contributed by atoms with E-state index in [1.807, 2.05) is 34.7 Å². The van der Waals surface area contributed by atoms with Gasteiger partial charge in [0.05, 0.1) is 16.3 Å². The first-order valence-corrected chi connectivity index (χ1v) is 13.4. The second-order valence-electron chi connectivity index (χ2n) is 10.0. The van der Waals surface area contributed by atoms with Gasteiger partial charge in [-0.25, -0.2) is 4.39 Å². The molecule has 0 aliphatic carbocycles. The fraction of sp³-hybridized carbons (Fsp3) is 0.367. The zero-order chi connectivity index (χ0) is 26.8. The van der Waals surface area contributed by atoms with Crippen molar-refractivity contribution in [2.24, 2.45) is 7.05 Å². The molecule has 1 amide bonds. The lowest BCUT2D eigenvalue weighted by Crippen LogP contribution is -2.49. The first kappa shape index (κ1) is 26.1. The van der Waals surface area contributed by atoms with E-state index in [2.05, 4.69) is 39.7 Å². The predicted octanol–water partition coefficient (Wildman–Crippen LogP) is 4.39. The molecule has 6 nitrogen and oxygen atoms in total. The number of rotatable bonds is 5. The predicted molar refractivity (Wildman–Crippen MR) is 152 cm³/mol. The maximum atomic E-state index is 13.8. The second kappa shape index (κ2) is 11.1. The summed E-state index contributed by atoms with van der Waals surface area (Å²) in [6, 6.07) is 14.9. The fourth-order valence-corrected chi connectivity index (χ4v) is 5.63. The molecule has 1 aromatic heterocycles. The van der Waals surface area contributed by atoms with Crippen molar-refractivity contribution in [2.45, 2.75) is 13.5 Å². The van der Waals surface area contributed by atoms with Gasteiger partial charge >= 0.3 is 0 Å². The van der Waals surface area contributed by atoms with Crippen LogP contribution < -0.4 is 9.80 Å². The summed E-state index contributed by atoms with van der Waals surface area (Å²) in [6.07, 6.45) is 5.42. The van der Waals surface area contributed by atoms with Gasteiger partial charge in [0.25, 0.3) is 5.91 Å². The lowest BCUT2D eigenvalue weighted by atomic mass is 10.1. The Morgan fingerprint density at radius 3 is 2.34 bits per heavy atom. The van der Waals surface area contributed by atoms with E-state index < -0.39 is 0 Å². The van der Waals surface area contributed by atoms with Crippen molar-refractivity contribution in [1.82, 2.24) is 14.4 Å². The van der Waals surface area contributed by atoms with Gasteiger partial charge in [0, 0.05) is 77.3 Å². The average Bonchev–Trinajstić information content (AvgIpc) is 3.22. The normalized spacial score (nSPS) is 16.6. The van der Waals surface area contributed by atoms with Gasteiger partial charge in [-0.2, -0.15) is 0 Å². The third kappa shape index (κ3) is 5.24. The number of anilines is 2. The van der Waals surface area contributed by atoms with E-state index in [1.54, 1.807) is 12.1 Å². The molecular weight excluding hydrogens is 501 g/mol. The highest BCUT2D eigenvalue weighted by Crippen LogP contribution is 2.27. The van der Waals surface area contributed by atoms with E-state index in [9.17, 15) is 9.18 Å². The van der Waals surface area contributed by atoms with Crippen molar-refractivity contribution < 1.29 is 9.18 Å². The number of benzene rings is 2. The van der Waals surface area contributed by atoms with Crippen LogP contribution in [0.5, 0.6) is 0 Å². The van der Waals surface area contributed by atoms with Crippen molar-refractivity contribution in [3.05, 3.63) is 81.9 Å². The summed E-state index contributed by atoms with van der Waals surface area (Å²) in [7, 11) is 1.97. The van der Waals surface area contributed by atoms with Crippen LogP contribution in [0.15, 0.2) is 48.5 Å². The molecule has 8 heteroatoms.